The van der Waals surface area contributed by atoms with Gasteiger partial charge in [-0.1, -0.05) is 37.2 Å². The smallest absolute Gasteiger partial charge is 0.230 e. The quantitative estimate of drug-likeness (QED) is 0.448. The summed E-state index contributed by atoms with van der Waals surface area (Å²) in [7, 11) is 0. The second kappa shape index (κ2) is 9.41. The average molecular weight is 400 g/mol. The van der Waals surface area contributed by atoms with E-state index in [0.717, 1.165) is 5.82 Å². The maximum absolute atomic E-state index is 11.9. The first-order valence-corrected chi connectivity index (χ1v) is 10.1. The van der Waals surface area contributed by atoms with Gasteiger partial charge in [0, 0.05) is 45.2 Å². The van der Waals surface area contributed by atoms with E-state index in [1.165, 1.54) is 11.8 Å². The summed E-state index contributed by atoms with van der Waals surface area (Å²) in [5.74, 6) is 1.43. The van der Waals surface area contributed by atoms with Crippen LogP contribution in [-0.2, 0) is 9.59 Å². The van der Waals surface area contributed by atoms with Gasteiger partial charge in [0.25, 0.3) is 0 Å². The summed E-state index contributed by atoms with van der Waals surface area (Å²) >= 11 is 7.42. The predicted octanol–water partition coefficient (Wildman–Crippen LogP) is 2.05. The minimum absolute atomic E-state index is 0.0440. The Bertz CT molecular complexity index is 658. The Kier molecular flexibility index (Phi) is 7.52. The Balaban J connectivity index is 1.99. The second-order valence-corrected chi connectivity index (χ2v) is 8.16. The number of halogens is 1. The highest BCUT2D eigenvalue weighted by Gasteiger charge is 2.26. The lowest BCUT2D eigenvalue weighted by Gasteiger charge is -2.40. The van der Waals surface area contributed by atoms with Gasteiger partial charge in [0.2, 0.25) is 11.8 Å². The van der Waals surface area contributed by atoms with E-state index < -0.39 is 0 Å². The van der Waals surface area contributed by atoms with Crippen LogP contribution in [0, 0.1) is 5.92 Å². The molecule has 1 atom stereocenters. The number of aromatic nitrogens is 2. The Labute approximate surface area is 163 Å². The molecule has 1 saturated heterocycles. The van der Waals surface area contributed by atoms with Gasteiger partial charge in [0.15, 0.2) is 5.16 Å². The summed E-state index contributed by atoms with van der Waals surface area (Å²) in [6.07, 6.45) is 0. The van der Waals surface area contributed by atoms with Gasteiger partial charge in [-0.2, -0.15) is 0 Å². The number of piperazine rings is 1. The van der Waals surface area contributed by atoms with Crippen LogP contribution in [0.3, 0.4) is 0 Å². The zero-order chi connectivity index (χ0) is 19.3. The van der Waals surface area contributed by atoms with E-state index in [2.05, 4.69) is 20.2 Å². The third kappa shape index (κ3) is 6.02. The number of nitrogens with zero attached hydrogens (tertiary/aromatic N) is 4. The molecule has 0 saturated carbocycles. The van der Waals surface area contributed by atoms with E-state index in [1.54, 1.807) is 13.0 Å². The van der Waals surface area contributed by atoms with Crippen LogP contribution in [0.1, 0.15) is 27.7 Å². The molecule has 144 valence electrons. The fourth-order valence-corrected chi connectivity index (χ4v) is 3.66. The second-order valence-electron chi connectivity index (χ2n) is 6.83. The van der Waals surface area contributed by atoms with Crippen LogP contribution in [0.4, 0.5) is 5.82 Å². The monoisotopic (exact) mass is 399 g/mol. The molecule has 0 aromatic carbocycles. The fourth-order valence-electron chi connectivity index (χ4n) is 2.74. The van der Waals surface area contributed by atoms with E-state index in [4.69, 9.17) is 11.6 Å². The molecule has 7 nitrogen and oxygen atoms in total. The summed E-state index contributed by atoms with van der Waals surface area (Å²) in [6.45, 7) is 10.4. The van der Waals surface area contributed by atoms with E-state index in [-0.39, 0.29) is 23.6 Å². The molecule has 1 aliphatic heterocycles. The van der Waals surface area contributed by atoms with E-state index in [0.29, 0.717) is 42.4 Å². The Morgan fingerprint density at radius 3 is 2.73 bits per heavy atom. The standard InChI is InChI=1S/C17H26ClN5O2S/c1-11(2)8-19-16(25)10-26-17-20-14(18)7-15(21-17)22-5-6-23(13(4)24)12(3)9-22/h7,11-12H,5-6,8-10H2,1-4H3,(H,19,25). The normalized spacial score (nSPS) is 17.5. The van der Waals surface area contributed by atoms with Gasteiger partial charge < -0.3 is 15.1 Å². The Morgan fingerprint density at radius 1 is 1.38 bits per heavy atom. The van der Waals surface area contributed by atoms with Gasteiger partial charge in [-0.3, -0.25) is 9.59 Å². The van der Waals surface area contributed by atoms with Crippen molar-refractivity contribution in [2.45, 2.75) is 38.9 Å². The maximum atomic E-state index is 11.9. The highest BCUT2D eigenvalue weighted by atomic mass is 35.5. The van der Waals surface area contributed by atoms with Crippen molar-refractivity contribution in [3.05, 3.63) is 11.2 Å². The first-order chi connectivity index (χ1) is 12.3. The summed E-state index contributed by atoms with van der Waals surface area (Å²) in [4.78, 5) is 36.2. The van der Waals surface area contributed by atoms with Crippen molar-refractivity contribution in [2.24, 2.45) is 5.92 Å². The number of hydrogen-bond acceptors (Lipinski definition) is 6. The lowest BCUT2D eigenvalue weighted by atomic mass is 10.2. The average Bonchev–Trinajstić information content (AvgIpc) is 2.57. The van der Waals surface area contributed by atoms with Crippen LogP contribution >= 0.6 is 23.4 Å². The van der Waals surface area contributed by atoms with Crippen LogP contribution in [0.15, 0.2) is 11.2 Å². The van der Waals surface area contributed by atoms with Crippen LogP contribution in [0.25, 0.3) is 0 Å². The van der Waals surface area contributed by atoms with Gasteiger partial charge in [-0.05, 0) is 12.8 Å². The molecule has 1 aromatic heterocycles. The highest BCUT2D eigenvalue weighted by Crippen LogP contribution is 2.24. The summed E-state index contributed by atoms with van der Waals surface area (Å²) in [5, 5.41) is 3.70. The molecule has 2 rings (SSSR count). The third-order valence-corrected chi connectivity index (χ3v) is 5.10. The van der Waals surface area contributed by atoms with E-state index in [9.17, 15) is 9.59 Å². The third-order valence-electron chi connectivity index (χ3n) is 4.06. The molecule has 1 fully saturated rings. The molecule has 0 bridgehead atoms. The Hall–Kier alpha value is -1.54. The highest BCUT2D eigenvalue weighted by molar-refractivity contribution is 7.99. The number of thioether (sulfide) groups is 1. The molecular weight excluding hydrogens is 374 g/mol. The van der Waals surface area contributed by atoms with Crippen molar-refractivity contribution in [1.29, 1.82) is 0 Å². The number of nitrogens with one attached hydrogen (secondary N) is 1. The largest absolute Gasteiger partial charge is 0.355 e. The minimum atomic E-state index is -0.0440. The van der Waals surface area contributed by atoms with Crippen LogP contribution < -0.4 is 10.2 Å². The summed E-state index contributed by atoms with van der Waals surface area (Å²) < 4.78 is 0. The van der Waals surface area contributed by atoms with Crippen molar-refractivity contribution in [1.82, 2.24) is 20.2 Å². The minimum Gasteiger partial charge on any atom is -0.355 e. The molecule has 1 aromatic rings. The molecule has 1 unspecified atom stereocenters. The predicted molar refractivity (Wildman–Crippen MR) is 105 cm³/mol. The lowest BCUT2D eigenvalue weighted by Crippen LogP contribution is -2.53. The van der Waals surface area contributed by atoms with Crippen LogP contribution in [0.2, 0.25) is 5.15 Å². The molecule has 1 N–H and O–H groups in total. The molecule has 0 aliphatic carbocycles. The lowest BCUT2D eigenvalue weighted by molar-refractivity contribution is -0.131. The molecule has 9 heteroatoms. The number of hydrogen-bond donors (Lipinski definition) is 1. The van der Waals surface area contributed by atoms with Crippen molar-refractivity contribution in [2.75, 3.05) is 36.8 Å². The first kappa shape index (κ1) is 20.8. The van der Waals surface area contributed by atoms with Gasteiger partial charge in [-0.25, -0.2) is 9.97 Å². The summed E-state index contributed by atoms with van der Waals surface area (Å²) in [5.41, 5.74) is 0. The topological polar surface area (TPSA) is 78.4 Å². The number of rotatable bonds is 6. The fraction of sp³-hybridized carbons (Fsp3) is 0.647. The molecule has 2 heterocycles. The Morgan fingerprint density at radius 2 is 2.12 bits per heavy atom. The molecule has 0 radical (unpaired) electrons. The molecule has 26 heavy (non-hydrogen) atoms. The van der Waals surface area contributed by atoms with Crippen LogP contribution in [0.5, 0.6) is 0 Å². The van der Waals surface area contributed by atoms with Crippen molar-refractivity contribution in [3.63, 3.8) is 0 Å². The van der Waals surface area contributed by atoms with Gasteiger partial charge in [0.05, 0.1) is 5.75 Å². The van der Waals surface area contributed by atoms with Gasteiger partial charge in [-0.15, -0.1) is 0 Å². The number of anilines is 1. The maximum Gasteiger partial charge on any atom is 0.230 e. The molecule has 1 aliphatic rings. The van der Waals surface area contributed by atoms with Crippen LogP contribution in [-0.4, -0.2) is 64.7 Å². The number of carbonyl (C=O) groups is 2. The first-order valence-electron chi connectivity index (χ1n) is 8.72. The van der Waals surface area contributed by atoms with E-state index >= 15 is 0 Å². The zero-order valence-electron chi connectivity index (χ0n) is 15.7. The molecular formula is C17H26ClN5O2S. The van der Waals surface area contributed by atoms with E-state index in [1.807, 2.05) is 25.7 Å². The zero-order valence-corrected chi connectivity index (χ0v) is 17.2. The molecule has 0 spiro atoms. The van der Waals surface area contributed by atoms with Gasteiger partial charge in [0.1, 0.15) is 11.0 Å². The molecule has 2 amide bonds. The number of carbonyl (C=O) groups excluding carboxylic acids is 2. The number of amides is 2. The SMILES string of the molecule is CC(=O)N1CCN(c2cc(Cl)nc(SCC(=O)NCC(C)C)n2)CC1C. The van der Waals surface area contributed by atoms with Crippen molar-refractivity contribution in [3.8, 4) is 0 Å². The summed E-state index contributed by atoms with van der Waals surface area (Å²) in [6, 6.07) is 1.83. The van der Waals surface area contributed by atoms with Crippen molar-refractivity contribution >= 4 is 41.0 Å². The van der Waals surface area contributed by atoms with Crippen molar-refractivity contribution < 1.29 is 9.59 Å². The van der Waals surface area contributed by atoms with Gasteiger partial charge >= 0.3 is 0 Å².